The Labute approximate surface area is 136 Å². The molecular weight excluding hydrogens is 358 g/mol. The molecule has 0 unspecified atom stereocenters. The van der Waals surface area contributed by atoms with Crippen LogP contribution >= 0.6 is 15.9 Å². The maximum absolute atomic E-state index is 12.6. The lowest BCUT2D eigenvalue weighted by atomic mass is 10.1. The van der Waals surface area contributed by atoms with Gasteiger partial charge in [-0.05, 0) is 6.07 Å². The fourth-order valence-corrected chi connectivity index (χ4v) is 2.27. The van der Waals surface area contributed by atoms with Crippen LogP contribution in [-0.4, -0.2) is 56.3 Å². The molecule has 0 saturated carbocycles. The second kappa shape index (κ2) is 8.66. The molecule has 0 fully saturated rings. The van der Waals surface area contributed by atoms with Gasteiger partial charge in [0.2, 0.25) is 0 Å². The monoisotopic (exact) mass is 375 g/mol. The topological polar surface area (TPSA) is 108 Å². The van der Waals surface area contributed by atoms with E-state index in [1.54, 1.807) is 0 Å². The van der Waals surface area contributed by atoms with Crippen molar-refractivity contribution in [1.29, 1.82) is 0 Å². The molecule has 122 valence electrons. The van der Waals surface area contributed by atoms with Crippen LogP contribution in [0.15, 0.2) is 16.6 Å². The second-order valence-corrected chi connectivity index (χ2v) is 5.34. The third kappa shape index (κ3) is 4.65. The number of ether oxygens (including phenoxy) is 2. The van der Waals surface area contributed by atoms with E-state index in [9.17, 15) is 14.9 Å². The highest BCUT2D eigenvalue weighted by Crippen LogP contribution is 2.30. The Morgan fingerprint density at radius 1 is 1.32 bits per heavy atom. The summed E-state index contributed by atoms with van der Waals surface area (Å²) in [6, 6.07) is 2.73. The first-order valence-electron chi connectivity index (χ1n) is 6.43. The van der Waals surface area contributed by atoms with Crippen molar-refractivity contribution < 1.29 is 19.2 Å². The number of nitrogens with zero attached hydrogens (tertiary/aromatic N) is 2. The third-order valence-electron chi connectivity index (χ3n) is 2.97. The van der Waals surface area contributed by atoms with Gasteiger partial charge in [-0.25, -0.2) is 0 Å². The Morgan fingerprint density at radius 2 is 1.86 bits per heavy atom. The van der Waals surface area contributed by atoms with E-state index in [4.69, 9.17) is 15.2 Å². The summed E-state index contributed by atoms with van der Waals surface area (Å²) >= 11 is 3.16. The first kappa shape index (κ1) is 18.3. The zero-order chi connectivity index (χ0) is 16.7. The molecule has 9 heteroatoms. The van der Waals surface area contributed by atoms with Crippen LogP contribution in [0.3, 0.4) is 0 Å². The normalized spacial score (nSPS) is 10.5. The van der Waals surface area contributed by atoms with Crippen LogP contribution in [0.4, 0.5) is 11.4 Å². The largest absolute Gasteiger partial charge is 0.393 e. The molecule has 0 aliphatic heterocycles. The molecule has 1 rings (SSSR count). The van der Waals surface area contributed by atoms with Crippen molar-refractivity contribution in [3.8, 4) is 0 Å². The smallest absolute Gasteiger partial charge is 0.294 e. The minimum absolute atomic E-state index is 0.0771. The fraction of sp³-hybridized carbons (Fsp3) is 0.462. The summed E-state index contributed by atoms with van der Waals surface area (Å²) in [6.07, 6.45) is 0. The number of anilines is 1. The van der Waals surface area contributed by atoms with E-state index < -0.39 is 10.8 Å². The number of rotatable bonds is 8. The highest BCUT2D eigenvalue weighted by atomic mass is 79.9. The van der Waals surface area contributed by atoms with Gasteiger partial charge < -0.3 is 20.1 Å². The lowest BCUT2D eigenvalue weighted by molar-refractivity contribution is -0.384. The number of methoxy groups -OCH3 is 2. The van der Waals surface area contributed by atoms with Crippen molar-refractivity contribution in [2.24, 2.45) is 0 Å². The number of carbonyl (C=O) groups excluding carboxylic acids is 1. The van der Waals surface area contributed by atoms with Gasteiger partial charge in [0.25, 0.3) is 11.6 Å². The summed E-state index contributed by atoms with van der Waals surface area (Å²) in [5.41, 5.74) is 5.39. The van der Waals surface area contributed by atoms with E-state index in [2.05, 4.69) is 15.9 Å². The zero-order valence-corrected chi connectivity index (χ0v) is 14.0. The van der Waals surface area contributed by atoms with Crippen molar-refractivity contribution in [3.05, 3.63) is 32.3 Å². The number of nitro groups is 1. The molecule has 1 aromatic carbocycles. The first-order chi connectivity index (χ1) is 10.4. The van der Waals surface area contributed by atoms with E-state index in [1.165, 1.54) is 31.3 Å². The highest BCUT2D eigenvalue weighted by molar-refractivity contribution is 9.10. The fourth-order valence-electron chi connectivity index (χ4n) is 1.82. The average Bonchev–Trinajstić information content (AvgIpc) is 2.48. The molecule has 0 heterocycles. The minimum atomic E-state index is -0.620. The minimum Gasteiger partial charge on any atom is -0.393 e. The van der Waals surface area contributed by atoms with Crippen molar-refractivity contribution in [1.82, 2.24) is 4.90 Å². The SMILES string of the molecule is COCCN(CCOC)C(=O)c1cc(Br)cc([N+](=O)[O-])c1N. The summed E-state index contributed by atoms with van der Waals surface area (Å²) in [5, 5.41) is 11.0. The molecule has 0 bridgehead atoms. The third-order valence-corrected chi connectivity index (χ3v) is 3.43. The van der Waals surface area contributed by atoms with Crippen LogP contribution in [0.25, 0.3) is 0 Å². The summed E-state index contributed by atoms with van der Waals surface area (Å²) < 4.78 is 10.4. The van der Waals surface area contributed by atoms with Gasteiger partial charge in [0.1, 0.15) is 5.69 Å². The van der Waals surface area contributed by atoms with E-state index in [0.717, 1.165) is 0 Å². The van der Waals surface area contributed by atoms with Gasteiger partial charge >= 0.3 is 0 Å². The van der Waals surface area contributed by atoms with Crippen molar-refractivity contribution in [2.75, 3.05) is 46.3 Å². The molecule has 0 aliphatic carbocycles. The van der Waals surface area contributed by atoms with Gasteiger partial charge in [-0.2, -0.15) is 0 Å². The van der Waals surface area contributed by atoms with Gasteiger partial charge in [-0.1, -0.05) is 15.9 Å². The number of halogens is 1. The van der Waals surface area contributed by atoms with Crippen LogP contribution in [0, 0.1) is 10.1 Å². The van der Waals surface area contributed by atoms with E-state index in [1.807, 2.05) is 0 Å². The number of nitro benzene ring substituents is 1. The molecule has 1 amide bonds. The van der Waals surface area contributed by atoms with E-state index in [-0.39, 0.29) is 16.9 Å². The number of nitrogens with two attached hydrogens (primary N) is 1. The predicted octanol–water partition coefficient (Wildman–Crippen LogP) is 1.67. The molecule has 0 radical (unpaired) electrons. The van der Waals surface area contributed by atoms with Crippen molar-refractivity contribution >= 4 is 33.2 Å². The molecule has 0 atom stereocenters. The van der Waals surface area contributed by atoms with E-state index >= 15 is 0 Å². The van der Waals surface area contributed by atoms with Crippen LogP contribution in [0.2, 0.25) is 0 Å². The predicted molar refractivity (Wildman–Crippen MR) is 84.9 cm³/mol. The lowest BCUT2D eigenvalue weighted by Crippen LogP contribution is -2.37. The molecule has 0 saturated heterocycles. The van der Waals surface area contributed by atoms with Gasteiger partial charge in [0.15, 0.2) is 0 Å². The molecule has 1 aromatic rings. The zero-order valence-electron chi connectivity index (χ0n) is 12.4. The second-order valence-electron chi connectivity index (χ2n) is 4.42. The van der Waals surface area contributed by atoms with Gasteiger partial charge in [0, 0.05) is 37.8 Å². The number of carbonyl (C=O) groups is 1. The quantitative estimate of drug-likeness (QED) is 0.420. The Bertz CT molecular complexity index is 545. The van der Waals surface area contributed by atoms with Crippen molar-refractivity contribution in [3.63, 3.8) is 0 Å². The summed E-state index contributed by atoms with van der Waals surface area (Å²) in [5.74, 6) is -0.406. The van der Waals surface area contributed by atoms with Crippen LogP contribution < -0.4 is 5.73 Å². The molecule has 0 spiro atoms. The number of hydrogen-bond donors (Lipinski definition) is 1. The Balaban J connectivity index is 3.14. The van der Waals surface area contributed by atoms with E-state index in [0.29, 0.717) is 30.8 Å². The Morgan fingerprint density at radius 3 is 2.32 bits per heavy atom. The molecular formula is C13H18BrN3O5. The van der Waals surface area contributed by atoms with Crippen LogP contribution in [0.1, 0.15) is 10.4 Å². The number of nitrogen functional groups attached to an aromatic ring is 1. The Hall–Kier alpha value is -1.71. The number of benzene rings is 1. The number of hydrogen-bond acceptors (Lipinski definition) is 6. The molecule has 2 N–H and O–H groups in total. The highest BCUT2D eigenvalue weighted by Gasteiger charge is 2.24. The molecule has 0 aromatic heterocycles. The maximum Gasteiger partial charge on any atom is 0.294 e. The molecule has 8 nitrogen and oxygen atoms in total. The van der Waals surface area contributed by atoms with Gasteiger partial charge in [-0.15, -0.1) is 0 Å². The van der Waals surface area contributed by atoms with Crippen LogP contribution in [0.5, 0.6) is 0 Å². The van der Waals surface area contributed by atoms with Gasteiger partial charge in [0.05, 0.1) is 23.7 Å². The first-order valence-corrected chi connectivity index (χ1v) is 7.22. The Kier molecular flexibility index (Phi) is 7.22. The molecule has 22 heavy (non-hydrogen) atoms. The standard InChI is InChI=1S/C13H18BrN3O5/c1-21-5-3-16(4-6-22-2)13(18)10-7-9(14)8-11(12(10)15)17(19)20/h7-8H,3-6,15H2,1-2H3. The number of amides is 1. The van der Waals surface area contributed by atoms with Gasteiger partial charge in [-0.3, -0.25) is 14.9 Å². The summed E-state index contributed by atoms with van der Waals surface area (Å²) in [6.45, 7) is 1.34. The molecule has 0 aliphatic rings. The van der Waals surface area contributed by atoms with Crippen molar-refractivity contribution in [2.45, 2.75) is 0 Å². The maximum atomic E-state index is 12.6. The lowest BCUT2D eigenvalue weighted by Gasteiger charge is -2.22. The summed E-state index contributed by atoms with van der Waals surface area (Å²) in [4.78, 5) is 24.5. The summed E-state index contributed by atoms with van der Waals surface area (Å²) in [7, 11) is 3.05. The average molecular weight is 376 g/mol. The van der Waals surface area contributed by atoms with Crippen LogP contribution in [-0.2, 0) is 9.47 Å².